The van der Waals surface area contributed by atoms with E-state index in [4.69, 9.17) is 4.74 Å². The Morgan fingerprint density at radius 2 is 1.75 bits per heavy atom. The Balaban J connectivity index is 1.32. The van der Waals surface area contributed by atoms with Gasteiger partial charge in [0.25, 0.3) is 0 Å². The zero-order valence-electron chi connectivity index (χ0n) is 19.0. The van der Waals surface area contributed by atoms with Crippen molar-refractivity contribution in [3.63, 3.8) is 0 Å². The van der Waals surface area contributed by atoms with Crippen molar-refractivity contribution in [2.45, 2.75) is 39.0 Å². The molecule has 168 valence electrons. The van der Waals surface area contributed by atoms with Gasteiger partial charge in [-0.2, -0.15) is 5.10 Å². The van der Waals surface area contributed by atoms with Crippen LogP contribution in [0.15, 0.2) is 55.0 Å². The molecule has 2 atom stereocenters. The van der Waals surface area contributed by atoms with Crippen molar-refractivity contribution in [2.75, 3.05) is 19.6 Å². The molecule has 7 heteroatoms. The molecule has 3 aromatic rings. The van der Waals surface area contributed by atoms with Gasteiger partial charge in [-0.05, 0) is 37.1 Å². The molecular weight excluding hydrogens is 402 g/mol. The summed E-state index contributed by atoms with van der Waals surface area (Å²) in [5, 5.41) is 7.69. The first-order valence-corrected chi connectivity index (χ1v) is 11.2. The number of morpholine rings is 1. The SMILES string of the molecule is C[C@@H]1CN(CCC(=O)NCc2ccc(-c3nn(C)cc3-c3ccncc3)cc2)C[C@H](C)O1. The predicted octanol–water partition coefficient (Wildman–Crippen LogP) is 3.26. The van der Waals surface area contributed by atoms with Crippen molar-refractivity contribution in [2.24, 2.45) is 7.05 Å². The third-order valence-corrected chi connectivity index (χ3v) is 5.69. The van der Waals surface area contributed by atoms with Crippen LogP contribution in [0.4, 0.5) is 0 Å². The van der Waals surface area contributed by atoms with E-state index in [1.165, 1.54) is 0 Å². The molecule has 1 aliphatic heterocycles. The topological polar surface area (TPSA) is 72.3 Å². The molecule has 7 nitrogen and oxygen atoms in total. The van der Waals surface area contributed by atoms with E-state index in [1.807, 2.05) is 42.2 Å². The third-order valence-electron chi connectivity index (χ3n) is 5.69. The van der Waals surface area contributed by atoms with Crippen molar-refractivity contribution in [3.8, 4) is 22.4 Å². The van der Waals surface area contributed by atoms with Crippen LogP contribution in [-0.4, -0.2) is 57.4 Å². The molecule has 32 heavy (non-hydrogen) atoms. The van der Waals surface area contributed by atoms with E-state index < -0.39 is 0 Å². The third kappa shape index (κ3) is 5.60. The van der Waals surface area contributed by atoms with Gasteiger partial charge >= 0.3 is 0 Å². The molecule has 1 amide bonds. The molecule has 0 aliphatic carbocycles. The number of pyridine rings is 1. The largest absolute Gasteiger partial charge is 0.373 e. The van der Waals surface area contributed by atoms with Crippen molar-refractivity contribution in [3.05, 3.63) is 60.6 Å². The molecule has 3 heterocycles. The molecule has 2 aromatic heterocycles. The number of hydrogen-bond donors (Lipinski definition) is 1. The highest BCUT2D eigenvalue weighted by molar-refractivity contribution is 5.80. The van der Waals surface area contributed by atoms with Gasteiger partial charge in [0, 0.05) is 69.4 Å². The summed E-state index contributed by atoms with van der Waals surface area (Å²) in [6.45, 7) is 7.21. The van der Waals surface area contributed by atoms with Gasteiger partial charge in [-0.1, -0.05) is 24.3 Å². The summed E-state index contributed by atoms with van der Waals surface area (Å²) in [5.41, 5.74) is 5.20. The zero-order chi connectivity index (χ0) is 22.5. The van der Waals surface area contributed by atoms with Gasteiger partial charge in [-0.25, -0.2) is 0 Å². The molecule has 1 aromatic carbocycles. The standard InChI is InChI=1S/C25H31N5O2/c1-18-15-30(16-19(2)32-18)13-10-24(31)27-14-20-4-6-22(7-5-20)25-23(17-29(3)28-25)21-8-11-26-12-9-21/h4-9,11-12,17-19H,10,13-16H2,1-3H3,(H,27,31)/t18-,19+. The second-order valence-corrected chi connectivity index (χ2v) is 8.54. The second-order valence-electron chi connectivity index (χ2n) is 8.54. The maximum absolute atomic E-state index is 12.3. The Labute approximate surface area is 189 Å². The van der Waals surface area contributed by atoms with Crippen LogP contribution < -0.4 is 5.32 Å². The molecule has 0 radical (unpaired) electrons. The second kappa shape index (κ2) is 10.1. The van der Waals surface area contributed by atoms with Crippen molar-refractivity contribution < 1.29 is 9.53 Å². The summed E-state index contributed by atoms with van der Waals surface area (Å²) in [7, 11) is 1.93. The van der Waals surface area contributed by atoms with Crippen LogP contribution in [0.1, 0.15) is 25.8 Å². The van der Waals surface area contributed by atoms with E-state index in [1.54, 1.807) is 12.4 Å². The molecule has 1 saturated heterocycles. The number of aromatic nitrogens is 3. The highest BCUT2D eigenvalue weighted by Gasteiger charge is 2.22. The van der Waals surface area contributed by atoms with Crippen LogP contribution in [0, 0.1) is 0 Å². The Hall–Kier alpha value is -3.03. The fraction of sp³-hybridized carbons (Fsp3) is 0.400. The molecular formula is C25H31N5O2. The highest BCUT2D eigenvalue weighted by Crippen LogP contribution is 2.30. The lowest BCUT2D eigenvalue weighted by Gasteiger charge is -2.35. The number of aryl methyl sites for hydroxylation is 1. The maximum Gasteiger partial charge on any atom is 0.221 e. The molecule has 0 unspecified atom stereocenters. The Kier molecular flexibility index (Phi) is 6.97. The number of nitrogens with zero attached hydrogens (tertiary/aromatic N) is 4. The summed E-state index contributed by atoms with van der Waals surface area (Å²) in [4.78, 5) is 18.7. The molecule has 1 fully saturated rings. The summed E-state index contributed by atoms with van der Waals surface area (Å²) in [6, 6.07) is 12.2. The van der Waals surface area contributed by atoms with Crippen molar-refractivity contribution in [1.82, 2.24) is 25.0 Å². The number of ether oxygens (including phenoxy) is 1. The molecule has 0 spiro atoms. The van der Waals surface area contributed by atoms with Crippen LogP contribution in [0.5, 0.6) is 0 Å². The lowest BCUT2D eigenvalue weighted by Crippen LogP contribution is -2.46. The highest BCUT2D eigenvalue weighted by atomic mass is 16.5. The molecule has 0 bridgehead atoms. The monoisotopic (exact) mass is 433 g/mol. The number of carbonyl (C=O) groups is 1. The predicted molar refractivity (Wildman–Crippen MR) is 125 cm³/mol. The van der Waals surface area contributed by atoms with Crippen LogP contribution in [0.2, 0.25) is 0 Å². The Morgan fingerprint density at radius 3 is 2.44 bits per heavy atom. The van der Waals surface area contributed by atoms with Crippen molar-refractivity contribution in [1.29, 1.82) is 0 Å². The van der Waals surface area contributed by atoms with Gasteiger partial charge in [0.2, 0.25) is 5.91 Å². The van der Waals surface area contributed by atoms with Crippen LogP contribution in [-0.2, 0) is 23.1 Å². The molecule has 1 aliphatic rings. The zero-order valence-corrected chi connectivity index (χ0v) is 19.0. The van der Waals surface area contributed by atoms with E-state index in [2.05, 4.69) is 46.3 Å². The molecule has 4 rings (SSSR count). The van der Waals surface area contributed by atoms with Gasteiger partial charge in [0.15, 0.2) is 0 Å². The van der Waals surface area contributed by atoms with E-state index in [0.717, 1.165) is 47.6 Å². The minimum absolute atomic E-state index is 0.0746. The first-order chi connectivity index (χ1) is 15.5. The maximum atomic E-state index is 12.3. The van der Waals surface area contributed by atoms with E-state index in [-0.39, 0.29) is 18.1 Å². The Bertz CT molecular complexity index is 1020. The summed E-state index contributed by atoms with van der Waals surface area (Å²) < 4.78 is 7.58. The fourth-order valence-electron chi connectivity index (χ4n) is 4.24. The number of nitrogens with one attached hydrogen (secondary N) is 1. The number of benzene rings is 1. The van der Waals surface area contributed by atoms with Crippen LogP contribution >= 0.6 is 0 Å². The average molecular weight is 434 g/mol. The normalized spacial score (nSPS) is 19.1. The van der Waals surface area contributed by atoms with E-state index in [9.17, 15) is 4.79 Å². The minimum atomic E-state index is 0.0746. The molecule has 0 saturated carbocycles. The van der Waals surface area contributed by atoms with Gasteiger partial charge < -0.3 is 10.1 Å². The Morgan fingerprint density at radius 1 is 1.06 bits per heavy atom. The quantitative estimate of drug-likeness (QED) is 0.619. The smallest absolute Gasteiger partial charge is 0.221 e. The van der Waals surface area contributed by atoms with Gasteiger partial charge in [-0.15, -0.1) is 0 Å². The van der Waals surface area contributed by atoms with E-state index in [0.29, 0.717) is 13.0 Å². The molecule has 1 N–H and O–H groups in total. The van der Waals surface area contributed by atoms with Crippen LogP contribution in [0.25, 0.3) is 22.4 Å². The number of amides is 1. The number of hydrogen-bond acceptors (Lipinski definition) is 5. The average Bonchev–Trinajstić information content (AvgIpc) is 3.18. The summed E-state index contributed by atoms with van der Waals surface area (Å²) in [6.07, 6.45) is 6.54. The summed E-state index contributed by atoms with van der Waals surface area (Å²) >= 11 is 0. The first kappa shape index (κ1) is 22.2. The lowest BCUT2D eigenvalue weighted by molar-refractivity contribution is -0.122. The minimum Gasteiger partial charge on any atom is -0.373 e. The van der Waals surface area contributed by atoms with Gasteiger partial charge in [0.1, 0.15) is 5.69 Å². The number of carbonyl (C=O) groups excluding carboxylic acids is 1. The van der Waals surface area contributed by atoms with E-state index >= 15 is 0 Å². The van der Waals surface area contributed by atoms with Crippen LogP contribution in [0.3, 0.4) is 0 Å². The van der Waals surface area contributed by atoms with Gasteiger partial charge in [0.05, 0.1) is 12.2 Å². The number of rotatable bonds is 7. The van der Waals surface area contributed by atoms with Crippen molar-refractivity contribution >= 4 is 5.91 Å². The first-order valence-electron chi connectivity index (χ1n) is 11.2. The van der Waals surface area contributed by atoms with Gasteiger partial charge in [-0.3, -0.25) is 19.4 Å². The lowest BCUT2D eigenvalue weighted by atomic mass is 10.0. The fourth-order valence-corrected chi connectivity index (χ4v) is 4.24. The summed E-state index contributed by atoms with van der Waals surface area (Å²) in [5.74, 6) is 0.0746.